The van der Waals surface area contributed by atoms with Crippen LogP contribution in [0.5, 0.6) is 5.75 Å². The summed E-state index contributed by atoms with van der Waals surface area (Å²) in [4.78, 5) is 36.6. The van der Waals surface area contributed by atoms with Crippen LogP contribution in [0.4, 0.5) is 0 Å². The van der Waals surface area contributed by atoms with Crippen LogP contribution in [0.25, 0.3) is 0 Å². The lowest BCUT2D eigenvalue weighted by Crippen LogP contribution is -2.49. The van der Waals surface area contributed by atoms with Gasteiger partial charge in [0.1, 0.15) is 5.75 Å². The van der Waals surface area contributed by atoms with Crippen molar-refractivity contribution in [3.63, 3.8) is 0 Å². The number of nitrogens with one attached hydrogen (secondary N) is 1. The van der Waals surface area contributed by atoms with Crippen molar-refractivity contribution in [1.82, 2.24) is 10.4 Å². The van der Waals surface area contributed by atoms with E-state index in [1.165, 1.54) is 0 Å². The Morgan fingerprint density at radius 1 is 1.09 bits per heavy atom. The Bertz CT molecular complexity index is 672. The average Bonchev–Trinajstić information content (AvgIpc) is 3.24. The summed E-state index contributed by atoms with van der Waals surface area (Å²) in [5.74, 6) is -1.94. The molecule has 0 unspecified atom stereocenters. The highest BCUT2D eigenvalue weighted by Crippen LogP contribution is 2.44. The highest BCUT2D eigenvalue weighted by molar-refractivity contribution is 6.07. The number of amides is 3. The molecule has 4 atom stereocenters. The van der Waals surface area contributed by atoms with Gasteiger partial charge in [0.15, 0.2) is 6.61 Å². The molecule has 2 bridgehead atoms. The topological polar surface area (TPSA) is 84.9 Å². The number of imide groups is 1. The molecular weight excluding hydrogens is 300 g/mol. The van der Waals surface area contributed by atoms with Gasteiger partial charge in [0.2, 0.25) is 0 Å². The third-order valence-corrected chi connectivity index (χ3v) is 4.26. The van der Waals surface area contributed by atoms with Crippen molar-refractivity contribution in [3.05, 3.63) is 42.5 Å². The van der Waals surface area contributed by atoms with Crippen LogP contribution in [0.3, 0.4) is 0 Å². The molecular formula is C16H14N2O5. The molecule has 3 aliphatic heterocycles. The first-order valence-electron chi connectivity index (χ1n) is 7.34. The third kappa shape index (κ3) is 2.20. The SMILES string of the molecule is O=C(COc1ccccc1)NN1C(=O)[C@@H]2[C@H](C1=O)[C@H]1C=C[C@H]2O1. The van der Waals surface area contributed by atoms with Crippen molar-refractivity contribution in [2.75, 3.05) is 6.61 Å². The quantitative estimate of drug-likeness (QED) is 0.626. The maximum atomic E-state index is 12.3. The molecule has 2 fully saturated rings. The monoisotopic (exact) mass is 314 g/mol. The summed E-state index contributed by atoms with van der Waals surface area (Å²) in [6.45, 7) is -0.280. The minimum atomic E-state index is -0.559. The molecule has 23 heavy (non-hydrogen) atoms. The molecule has 3 heterocycles. The van der Waals surface area contributed by atoms with E-state index in [1.807, 2.05) is 6.07 Å². The molecule has 0 aliphatic carbocycles. The first-order valence-corrected chi connectivity index (χ1v) is 7.34. The van der Waals surface area contributed by atoms with Gasteiger partial charge >= 0.3 is 0 Å². The lowest BCUT2D eigenvalue weighted by atomic mass is 9.85. The molecule has 1 aromatic carbocycles. The average molecular weight is 314 g/mol. The fraction of sp³-hybridized carbons (Fsp3) is 0.312. The van der Waals surface area contributed by atoms with Crippen molar-refractivity contribution < 1.29 is 23.9 Å². The molecule has 0 radical (unpaired) electrons. The molecule has 3 amide bonds. The molecule has 7 heteroatoms. The van der Waals surface area contributed by atoms with Crippen LogP contribution in [0.1, 0.15) is 0 Å². The van der Waals surface area contributed by atoms with Crippen LogP contribution in [-0.4, -0.2) is 41.5 Å². The number of carbonyl (C=O) groups is 3. The first-order chi connectivity index (χ1) is 11.1. The predicted octanol–water partition coefficient (Wildman–Crippen LogP) is 0.0350. The fourth-order valence-corrected chi connectivity index (χ4v) is 3.24. The summed E-state index contributed by atoms with van der Waals surface area (Å²) in [7, 11) is 0. The summed E-state index contributed by atoms with van der Waals surface area (Å²) in [5.41, 5.74) is 2.33. The zero-order chi connectivity index (χ0) is 16.0. The van der Waals surface area contributed by atoms with Crippen molar-refractivity contribution >= 4 is 17.7 Å². The Labute approximate surface area is 131 Å². The Morgan fingerprint density at radius 3 is 2.30 bits per heavy atom. The number of nitrogens with zero attached hydrogens (tertiary/aromatic N) is 1. The number of para-hydroxylation sites is 1. The Kier molecular flexibility index (Phi) is 3.16. The molecule has 0 spiro atoms. The zero-order valence-corrected chi connectivity index (χ0v) is 12.0. The summed E-state index contributed by atoms with van der Waals surface area (Å²) in [6.07, 6.45) is 2.84. The van der Waals surface area contributed by atoms with Gasteiger partial charge in [-0.3, -0.25) is 19.8 Å². The maximum Gasteiger partial charge on any atom is 0.276 e. The molecule has 118 valence electrons. The number of hydrogen-bond acceptors (Lipinski definition) is 5. The van der Waals surface area contributed by atoms with E-state index in [9.17, 15) is 14.4 Å². The standard InChI is InChI=1S/C16H14N2O5/c19-12(8-22-9-4-2-1-3-5-9)17-18-15(20)13-10-6-7-11(23-10)14(13)16(18)21/h1-7,10-11,13-14H,8H2,(H,17,19)/t10-,11-,13-,14+/m1/s1. The van der Waals surface area contributed by atoms with Gasteiger partial charge in [0.05, 0.1) is 24.0 Å². The Hall–Kier alpha value is -2.67. The van der Waals surface area contributed by atoms with Crippen LogP contribution in [0.2, 0.25) is 0 Å². The Balaban J connectivity index is 1.39. The first kappa shape index (κ1) is 14.0. The van der Waals surface area contributed by atoms with Crippen molar-refractivity contribution in [3.8, 4) is 5.75 Å². The predicted molar refractivity (Wildman–Crippen MR) is 76.7 cm³/mol. The van der Waals surface area contributed by atoms with Crippen molar-refractivity contribution in [2.24, 2.45) is 11.8 Å². The van der Waals surface area contributed by atoms with E-state index in [0.717, 1.165) is 5.01 Å². The highest BCUT2D eigenvalue weighted by Gasteiger charge is 2.61. The summed E-state index contributed by atoms with van der Waals surface area (Å²) < 4.78 is 10.8. The van der Waals surface area contributed by atoms with Crippen LogP contribution in [0, 0.1) is 11.8 Å². The molecule has 3 aliphatic rings. The molecule has 0 saturated carbocycles. The number of hydrazine groups is 1. The normalized spacial score (nSPS) is 30.7. The van der Waals surface area contributed by atoms with Gasteiger partial charge in [-0.2, -0.15) is 5.01 Å². The van der Waals surface area contributed by atoms with Crippen molar-refractivity contribution in [1.29, 1.82) is 0 Å². The molecule has 1 aromatic rings. The van der Waals surface area contributed by atoms with E-state index in [2.05, 4.69) is 5.43 Å². The highest BCUT2D eigenvalue weighted by atomic mass is 16.5. The van der Waals surface area contributed by atoms with Gasteiger partial charge in [-0.15, -0.1) is 0 Å². The van der Waals surface area contributed by atoms with E-state index in [1.54, 1.807) is 36.4 Å². The van der Waals surface area contributed by atoms with Gasteiger partial charge in [-0.25, -0.2) is 0 Å². The lowest BCUT2D eigenvalue weighted by molar-refractivity contribution is -0.151. The number of hydrogen-bond donors (Lipinski definition) is 1. The third-order valence-electron chi connectivity index (χ3n) is 4.26. The number of rotatable bonds is 4. The molecule has 1 N–H and O–H groups in total. The van der Waals surface area contributed by atoms with Gasteiger partial charge in [-0.05, 0) is 12.1 Å². The van der Waals surface area contributed by atoms with Crippen LogP contribution >= 0.6 is 0 Å². The van der Waals surface area contributed by atoms with E-state index in [0.29, 0.717) is 5.75 Å². The summed E-state index contributed by atoms with van der Waals surface area (Å²) >= 11 is 0. The summed E-state index contributed by atoms with van der Waals surface area (Å²) in [6, 6.07) is 8.82. The summed E-state index contributed by atoms with van der Waals surface area (Å²) in [5, 5.41) is 0.807. The molecule has 7 nitrogen and oxygen atoms in total. The smallest absolute Gasteiger partial charge is 0.276 e. The number of benzene rings is 1. The van der Waals surface area contributed by atoms with E-state index in [-0.39, 0.29) is 18.8 Å². The number of fused-ring (bicyclic) bond motifs is 5. The van der Waals surface area contributed by atoms with Crippen LogP contribution in [0.15, 0.2) is 42.5 Å². The van der Waals surface area contributed by atoms with E-state index < -0.39 is 29.6 Å². The van der Waals surface area contributed by atoms with Crippen LogP contribution < -0.4 is 10.2 Å². The number of ether oxygens (including phenoxy) is 2. The Morgan fingerprint density at radius 2 is 1.70 bits per heavy atom. The molecule has 4 rings (SSSR count). The van der Waals surface area contributed by atoms with E-state index in [4.69, 9.17) is 9.47 Å². The lowest BCUT2D eigenvalue weighted by Gasteiger charge is -2.18. The molecule has 2 saturated heterocycles. The second-order valence-electron chi connectivity index (χ2n) is 5.65. The van der Waals surface area contributed by atoms with E-state index >= 15 is 0 Å². The minimum Gasteiger partial charge on any atom is -0.484 e. The second kappa shape index (κ2) is 5.20. The fourth-order valence-electron chi connectivity index (χ4n) is 3.24. The van der Waals surface area contributed by atoms with Crippen LogP contribution in [-0.2, 0) is 19.1 Å². The minimum absolute atomic E-state index is 0.280. The second-order valence-corrected chi connectivity index (χ2v) is 5.65. The molecule has 0 aromatic heterocycles. The maximum absolute atomic E-state index is 12.3. The van der Waals surface area contributed by atoms with Gasteiger partial charge in [0.25, 0.3) is 17.7 Å². The van der Waals surface area contributed by atoms with Gasteiger partial charge in [0, 0.05) is 0 Å². The zero-order valence-electron chi connectivity index (χ0n) is 12.0. The van der Waals surface area contributed by atoms with Crippen molar-refractivity contribution in [2.45, 2.75) is 12.2 Å². The van der Waals surface area contributed by atoms with Gasteiger partial charge in [-0.1, -0.05) is 30.4 Å². The van der Waals surface area contributed by atoms with Gasteiger partial charge < -0.3 is 9.47 Å². The largest absolute Gasteiger partial charge is 0.484 e. The number of carbonyl (C=O) groups excluding carboxylic acids is 3.